The fourth-order valence-corrected chi connectivity index (χ4v) is 1.29. The van der Waals surface area contributed by atoms with Crippen molar-refractivity contribution in [2.45, 2.75) is 32.5 Å². The maximum absolute atomic E-state index is 12.5. The third kappa shape index (κ3) is 2.74. The van der Waals surface area contributed by atoms with Gasteiger partial charge in [-0.05, 0) is 6.42 Å². The van der Waals surface area contributed by atoms with Crippen LogP contribution in [0.1, 0.15) is 25.5 Å². The van der Waals surface area contributed by atoms with Crippen LogP contribution < -0.4 is 11.2 Å². The number of unbranched alkanes of at least 4 members (excludes halogenated alkanes) is 1. The summed E-state index contributed by atoms with van der Waals surface area (Å²) in [6.07, 6.45) is -3.60. The van der Waals surface area contributed by atoms with Crippen LogP contribution in [0.2, 0.25) is 0 Å². The van der Waals surface area contributed by atoms with Gasteiger partial charge in [0.1, 0.15) is 5.69 Å². The number of hydrogen-bond acceptors (Lipinski definition) is 2. The molecule has 4 nitrogen and oxygen atoms in total. The molecule has 1 rings (SSSR count). The molecule has 0 unspecified atom stereocenters. The summed E-state index contributed by atoms with van der Waals surface area (Å²) in [5.41, 5.74) is -3.26. The van der Waals surface area contributed by atoms with Gasteiger partial charge < -0.3 is 0 Å². The van der Waals surface area contributed by atoms with E-state index in [0.29, 0.717) is 23.5 Å². The van der Waals surface area contributed by atoms with E-state index in [0.717, 1.165) is 0 Å². The summed E-state index contributed by atoms with van der Waals surface area (Å²) in [6.45, 7) is 1.74. The number of halogens is 3. The van der Waals surface area contributed by atoms with Crippen LogP contribution in [0.5, 0.6) is 0 Å². The Balaban J connectivity index is 3.33. The van der Waals surface area contributed by atoms with Crippen LogP contribution in [-0.4, -0.2) is 9.55 Å². The number of aromatic amines is 1. The van der Waals surface area contributed by atoms with Gasteiger partial charge in [0.25, 0.3) is 5.56 Å². The minimum Gasteiger partial charge on any atom is -0.289 e. The zero-order valence-corrected chi connectivity index (χ0v) is 8.60. The molecule has 0 atom stereocenters. The van der Waals surface area contributed by atoms with Gasteiger partial charge in [-0.2, -0.15) is 13.2 Å². The van der Waals surface area contributed by atoms with Crippen molar-refractivity contribution in [2.24, 2.45) is 0 Å². The molecule has 90 valence electrons. The van der Waals surface area contributed by atoms with Gasteiger partial charge >= 0.3 is 11.9 Å². The summed E-state index contributed by atoms with van der Waals surface area (Å²) in [6, 6.07) is 0.400. The van der Waals surface area contributed by atoms with E-state index >= 15 is 0 Å². The summed E-state index contributed by atoms with van der Waals surface area (Å²) >= 11 is 0. The second kappa shape index (κ2) is 4.54. The molecule has 0 aromatic carbocycles. The molecule has 0 amide bonds. The van der Waals surface area contributed by atoms with Crippen LogP contribution in [0.3, 0.4) is 0 Å². The average molecular weight is 236 g/mol. The lowest BCUT2D eigenvalue weighted by Crippen LogP contribution is -2.35. The Kier molecular flexibility index (Phi) is 3.56. The van der Waals surface area contributed by atoms with Crippen LogP contribution in [0.15, 0.2) is 15.7 Å². The second-order valence-electron chi connectivity index (χ2n) is 3.33. The fraction of sp³-hybridized carbons (Fsp3) is 0.556. The molecule has 0 fully saturated rings. The molecule has 1 aromatic heterocycles. The summed E-state index contributed by atoms with van der Waals surface area (Å²) in [5, 5.41) is 0. The van der Waals surface area contributed by atoms with E-state index in [1.54, 1.807) is 6.92 Å². The molecule has 0 saturated carbocycles. The fourth-order valence-electron chi connectivity index (χ4n) is 1.29. The van der Waals surface area contributed by atoms with Gasteiger partial charge in [0.2, 0.25) is 0 Å². The number of rotatable bonds is 3. The molecular formula is C9H11F3N2O2. The van der Waals surface area contributed by atoms with Crippen LogP contribution in [-0.2, 0) is 12.7 Å². The summed E-state index contributed by atoms with van der Waals surface area (Å²) in [7, 11) is 0. The molecule has 1 aromatic rings. The van der Waals surface area contributed by atoms with Crippen LogP contribution in [0.4, 0.5) is 13.2 Å². The van der Waals surface area contributed by atoms with Crippen LogP contribution in [0.25, 0.3) is 0 Å². The van der Waals surface area contributed by atoms with Crippen LogP contribution >= 0.6 is 0 Å². The highest BCUT2D eigenvalue weighted by Gasteiger charge is 2.34. The Labute approximate surface area is 88.7 Å². The molecule has 0 aliphatic rings. The van der Waals surface area contributed by atoms with Crippen molar-refractivity contribution in [3.8, 4) is 0 Å². The molecule has 0 radical (unpaired) electrons. The molecule has 0 saturated heterocycles. The molecule has 0 bridgehead atoms. The van der Waals surface area contributed by atoms with Gasteiger partial charge in [-0.15, -0.1) is 0 Å². The topological polar surface area (TPSA) is 54.9 Å². The lowest BCUT2D eigenvalue weighted by atomic mass is 10.3. The van der Waals surface area contributed by atoms with Crippen molar-refractivity contribution in [3.63, 3.8) is 0 Å². The van der Waals surface area contributed by atoms with Crippen molar-refractivity contribution in [1.29, 1.82) is 0 Å². The maximum atomic E-state index is 12.5. The van der Waals surface area contributed by atoms with E-state index in [1.165, 1.54) is 0 Å². The summed E-state index contributed by atoms with van der Waals surface area (Å²) in [5.74, 6) is 0. The molecular weight excluding hydrogens is 225 g/mol. The smallest absolute Gasteiger partial charge is 0.289 e. The number of nitrogens with one attached hydrogen (secondary N) is 1. The highest BCUT2D eigenvalue weighted by molar-refractivity contribution is 5.05. The van der Waals surface area contributed by atoms with Crippen molar-refractivity contribution in [2.75, 3.05) is 0 Å². The van der Waals surface area contributed by atoms with Crippen molar-refractivity contribution < 1.29 is 13.2 Å². The van der Waals surface area contributed by atoms with E-state index in [2.05, 4.69) is 0 Å². The molecule has 1 heterocycles. The lowest BCUT2D eigenvalue weighted by molar-refractivity contribution is -0.144. The summed E-state index contributed by atoms with van der Waals surface area (Å²) in [4.78, 5) is 23.8. The first-order valence-corrected chi connectivity index (χ1v) is 4.77. The molecule has 0 aliphatic carbocycles. The highest BCUT2D eigenvalue weighted by atomic mass is 19.4. The van der Waals surface area contributed by atoms with Gasteiger partial charge in [-0.25, -0.2) is 4.79 Å². The zero-order valence-electron chi connectivity index (χ0n) is 8.60. The van der Waals surface area contributed by atoms with Gasteiger partial charge in [0, 0.05) is 12.6 Å². The molecule has 16 heavy (non-hydrogen) atoms. The molecule has 1 N–H and O–H groups in total. The minimum absolute atomic E-state index is 0.0546. The number of H-pyrrole nitrogens is 1. The Morgan fingerprint density at radius 1 is 1.38 bits per heavy atom. The quantitative estimate of drug-likeness (QED) is 0.861. The van der Waals surface area contributed by atoms with Crippen LogP contribution in [0, 0.1) is 0 Å². The van der Waals surface area contributed by atoms with Crippen molar-refractivity contribution >= 4 is 0 Å². The Hall–Kier alpha value is -1.53. The Morgan fingerprint density at radius 2 is 2.00 bits per heavy atom. The third-order valence-electron chi connectivity index (χ3n) is 2.06. The standard InChI is InChI=1S/C9H11F3N2O2/c1-2-3-4-14-6(9(10,11)12)5-7(15)13-8(14)16/h5H,2-4H2,1H3,(H,13,15,16). The molecule has 0 aliphatic heterocycles. The van der Waals surface area contributed by atoms with Crippen molar-refractivity contribution in [1.82, 2.24) is 9.55 Å². The number of hydrogen-bond donors (Lipinski definition) is 1. The van der Waals surface area contributed by atoms with E-state index < -0.39 is 23.1 Å². The number of nitrogens with zero attached hydrogens (tertiary/aromatic N) is 1. The van der Waals surface area contributed by atoms with E-state index in [-0.39, 0.29) is 6.54 Å². The summed E-state index contributed by atoms with van der Waals surface area (Å²) < 4.78 is 38.1. The van der Waals surface area contributed by atoms with Gasteiger partial charge in [0.05, 0.1) is 0 Å². The monoisotopic (exact) mass is 236 g/mol. The Morgan fingerprint density at radius 3 is 2.50 bits per heavy atom. The lowest BCUT2D eigenvalue weighted by Gasteiger charge is -2.13. The van der Waals surface area contributed by atoms with E-state index in [9.17, 15) is 22.8 Å². The SMILES string of the molecule is CCCCn1c(C(F)(F)F)cc(=O)[nH]c1=O. The highest BCUT2D eigenvalue weighted by Crippen LogP contribution is 2.27. The predicted molar refractivity (Wildman–Crippen MR) is 51.2 cm³/mol. The third-order valence-corrected chi connectivity index (χ3v) is 2.06. The van der Waals surface area contributed by atoms with Gasteiger partial charge in [-0.1, -0.05) is 13.3 Å². The predicted octanol–water partition coefficient (Wildman–Crippen LogP) is 1.36. The second-order valence-corrected chi connectivity index (χ2v) is 3.33. The molecule has 7 heteroatoms. The first kappa shape index (κ1) is 12.5. The largest absolute Gasteiger partial charge is 0.431 e. The van der Waals surface area contributed by atoms with Crippen molar-refractivity contribution in [3.05, 3.63) is 32.6 Å². The van der Waals surface area contributed by atoms with E-state index in [1.807, 2.05) is 4.98 Å². The van der Waals surface area contributed by atoms with E-state index in [4.69, 9.17) is 0 Å². The first-order chi connectivity index (χ1) is 7.36. The first-order valence-electron chi connectivity index (χ1n) is 4.77. The van der Waals surface area contributed by atoms with Gasteiger partial charge in [-0.3, -0.25) is 14.3 Å². The maximum Gasteiger partial charge on any atom is 0.431 e. The zero-order chi connectivity index (χ0) is 12.3. The normalized spacial score (nSPS) is 11.8. The average Bonchev–Trinajstić information content (AvgIpc) is 2.14. The Bertz CT molecular complexity index is 473. The molecule has 0 spiro atoms. The number of aromatic nitrogens is 2. The van der Waals surface area contributed by atoms with Gasteiger partial charge in [0.15, 0.2) is 0 Å². The number of alkyl halides is 3. The minimum atomic E-state index is -4.69.